The molecule has 104 valence electrons. The van der Waals surface area contributed by atoms with Crippen molar-refractivity contribution in [3.8, 4) is 0 Å². The second-order valence-corrected chi connectivity index (χ2v) is 4.69. The third-order valence-corrected chi connectivity index (χ3v) is 2.98. The number of hydrogen-bond donors (Lipinski definition) is 2. The van der Waals surface area contributed by atoms with Gasteiger partial charge in [0.25, 0.3) is 5.91 Å². The lowest BCUT2D eigenvalue weighted by Gasteiger charge is -2.24. The molecule has 0 saturated heterocycles. The Bertz CT molecular complexity index is 600. The highest BCUT2D eigenvalue weighted by molar-refractivity contribution is 5.94. The van der Waals surface area contributed by atoms with E-state index in [9.17, 15) is 14.3 Å². The van der Waals surface area contributed by atoms with Gasteiger partial charge in [0.1, 0.15) is 5.60 Å². The van der Waals surface area contributed by atoms with Crippen LogP contribution >= 0.6 is 0 Å². The third kappa shape index (κ3) is 3.39. The zero-order chi connectivity index (χ0) is 14.6. The molecule has 4 nitrogen and oxygen atoms in total. The Morgan fingerprint density at radius 2 is 2.05 bits per heavy atom. The number of pyridine rings is 1. The van der Waals surface area contributed by atoms with Gasteiger partial charge in [0.15, 0.2) is 0 Å². The maximum atomic E-state index is 12.9. The maximum absolute atomic E-state index is 12.9. The number of rotatable bonds is 4. The van der Waals surface area contributed by atoms with E-state index in [0.717, 1.165) is 6.07 Å². The van der Waals surface area contributed by atoms with Gasteiger partial charge < -0.3 is 10.4 Å². The summed E-state index contributed by atoms with van der Waals surface area (Å²) in [4.78, 5) is 15.2. The van der Waals surface area contributed by atoms with E-state index in [2.05, 4.69) is 10.3 Å². The second kappa shape index (κ2) is 5.79. The number of carbonyl (C=O) groups excluding carboxylic acids is 1. The van der Waals surface area contributed by atoms with Crippen LogP contribution in [0.2, 0.25) is 0 Å². The van der Waals surface area contributed by atoms with Crippen molar-refractivity contribution in [3.05, 3.63) is 65.7 Å². The Hall–Kier alpha value is -2.27. The van der Waals surface area contributed by atoms with Gasteiger partial charge in [-0.3, -0.25) is 4.79 Å². The van der Waals surface area contributed by atoms with E-state index in [1.165, 1.54) is 12.3 Å². The molecule has 0 spiro atoms. The number of aromatic nitrogens is 1. The number of hydrogen-bond acceptors (Lipinski definition) is 3. The van der Waals surface area contributed by atoms with Gasteiger partial charge in [-0.25, -0.2) is 4.98 Å². The second-order valence-electron chi connectivity index (χ2n) is 4.69. The maximum Gasteiger partial charge on any atom is 0.251 e. The highest BCUT2D eigenvalue weighted by Gasteiger charge is 2.23. The van der Waals surface area contributed by atoms with Gasteiger partial charge in [0.05, 0.1) is 6.54 Å². The molecule has 0 bridgehead atoms. The van der Waals surface area contributed by atoms with Crippen LogP contribution in [0.4, 0.5) is 4.39 Å². The molecule has 1 heterocycles. The number of amides is 1. The van der Waals surface area contributed by atoms with Crippen LogP contribution in [-0.2, 0) is 5.60 Å². The first kappa shape index (κ1) is 14.1. The normalized spacial score (nSPS) is 13.6. The average Bonchev–Trinajstić information content (AvgIpc) is 2.46. The van der Waals surface area contributed by atoms with Gasteiger partial charge in [-0.2, -0.15) is 4.39 Å². The minimum absolute atomic E-state index is 0.0276. The van der Waals surface area contributed by atoms with E-state index < -0.39 is 17.5 Å². The molecule has 5 heteroatoms. The van der Waals surface area contributed by atoms with Crippen LogP contribution in [0, 0.1) is 5.95 Å². The summed E-state index contributed by atoms with van der Waals surface area (Å²) in [5, 5.41) is 12.9. The fourth-order valence-electron chi connectivity index (χ4n) is 1.80. The molecule has 2 rings (SSSR count). The Morgan fingerprint density at radius 3 is 2.70 bits per heavy atom. The van der Waals surface area contributed by atoms with Gasteiger partial charge in [0.2, 0.25) is 5.95 Å². The first-order valence-electron chi connectivity index (χ1n) is 6.17. The number of nitrogens with one attached hydrogen (secondary N) is 1. The quantitative estimate of drug-likeness (QED) is 0.836. The lowest BCUT2D eigenvalue weighted by Crippen LogP contribution is -2.38. The van der Waals surface area contributed by atoms with Crippen LogP contribution in [0.3, 0.4) is 0 Å². The molecule has 0 aliphatic heterocycles. The molecule has 2 aromatic rings. The van der Waals surface area contributed by atoms with Crippen molar-refractivity contribution in [2.45, 2.75) is 12.5 Å². The molecule has 0 aliphatic carbocycles. The van der Waals surface area contributed by atoms with Gasteiger partial charge in [-0.15, -0.1) is 0 Å². The number of benzene rings is 1. The summed E-state index contributed by atoms with van der Waals surface area (Å²) in [6.45, 7) is 1.63. The van der Waals surface area contributed by atoms with Crippen LogP contribution < -0.4 is 5.32 Å². The molecular weight excluding hydrogens is 259 g/mol. The topological polar surface area (TPSA) is 62.2 Å². The molecule has 1 aromatic carbocycles. The van der Waals surface area contributed by atoms with Gasteiger partial charge >= 0.3 is 0 Å². The first-order valence-corrected chi connectivity index (χ1v) is 6.17. The third-order valence-electron chi connectivity index (χ3n) is 2.98. The minimum Gasteiger partial charge on any atom is -0.384 e. The van der Waals surface area contributed by atoms with Crippen molar-refractivity contribution >= 4 is 5.91 Å². The summed E-state index contributed by atoms with van der Waals surface area (Å²) < 4.78 is 12.9. The van der Waals surface area contributed by atoms with Gasteiger partial charge in [0, 0.05) is 17.8 Å². The lowest BCUT2D eigenvalue weighted by molar-refractivity contribution is 0.0526. The molecule has 1 unspecified atom stereocenters. The van der Waals surface area contributed by atoms with E-state index in [0.29, 0.717) is 5.56 Å². The fourth-order valence-corrected chi connectivity index (χ4v) is 1.80. The summed E-state index contributed by atoms with van der Waals surface area (Å²) in [5.74, 6) is -1.17. The Kier molecular flexibility index (Phi) is 4.10. The van der Waals surface area contributed by atoms with Crippen molar-refractivity contribution in [2.75, 3.05) is 6.54 Å². The summed E-state index contributed by atoms with van der Waals surface area (Å²) in [6.07, 6.45) is 1.22. The van der Waals surface area contributed by atoms with Crippen molar-refractivity contribution in [1.29, 1.82) is 0 Å². The van der Waals surface area contributed by atoms with Crippen LogP contribution in [0.25, 0.3) is 0 Å². The number of aliphatic hydroxyl groups is 1. The Balaban J connectivity index is 2.03. The van der Waals surface area contributed by atoms with Crippen molar-refractivity contribution in [3.63, 3.8) is 0 Å². The fraction of sp³-hybridized carbons (Fsp3) is 0.200. The van der Waals surface area contributed by atoms with Crippen LogP contribution in [0.1, 0.15) is 22.8 Å². The molecule has 1 aromatic heterocycles. The van der Waals surface area contributed by atoms with Crippen LogP contribution in [-0.4, -0.2) is 22.5 Å². The van der Waals surface area contributed by atoms with E-state index in [1.807, 2.05) is 18.2 Å². The summed E-state index contributed by atoms with van der Waals surface area (Å²) in [7, 11) is 0. The largest absolute Gasteiger partial charge is 0.384 e. The SMILES string of the molecule is CC(O)(CNC(=O)c1ccnc(F)c1)c1ccccc1. The molecular formula is C15H15FN2O2. The minimum atomic E-state index is -1.19. The number of carbonyl (C=O) groups is 1. The summed E-state index contributed by atoms with van der Waals surface area (Å²) >= 11 is 0. The highest BCUT2D eigenvalue weighted by Crippen LogP contribution is 2.19. The van der Waals surface area contributed by atoms with Gasteiger partial charge in [-0.1, -0.05) is 30.3 Å². The number of halogens is 1. The molecule has 0 aliphatic rings. The average molecular weight is 274 g/mol. The predicted octanol–water partition coefficient (Wildman–Crippen LogP) is 1.86. The van der Waals surface area contributed by atoms with E-state index in [4.69, 9.17) is 0 Å². The van der Waals surface area contributed by atoms with Crippen molar-refractivity contribution in [2.24, 2.45) is 0 Å². The molecule has 1 amide bonds. The first-order chi connectivity index (χ1) is 9.49. The Morgan fingerprint density at radius 1 is 1.35 bits per heavy atom. The van der Waals surface area contributed by atoms with E-state index in [1.54, 1.807) is 19.1 Å². The molecule has 1 atom stereocenters. The molecule has 0 saturated carbocycles. The highest BCUT2D eigenvalue weighted by atomic mass is 19.1. The predicted molar refractivity (Wildman–Crippen MR) is 72.5 cm³/mol. The molecule has 2 N–H and O–H groups in total. The zero-order valence-electron chi connectivity index (χ0n) is 11.0. The van der Waals surface area contributed by atoms with E-state index >= 15 is 0 Å². The monoisotopic (exact) mass is 274 g/mol. The number of nitrogens with zero attached hydrogens (tertiary/aromatic N) is 1. The smallest absolute Gasteiger partial charge is 0.251 e. The Labute approximate surface area is 116 Å². The standard InChI is InChI=1S/C15H15FN2O2/c1-15(20,12-5-3-2-4-6-12)10-18-14(19)11-7-8-17-13(16)9-11/h2-9,20H,10H2,1H3,(H,18,19). The summed E-state index contributed by atoms with van der Waals surface area (Å²) in [5.41, 5.74) is -0.328. The molecule has 0 fully saturated rings. The summed E-state index contributed by atoms with van der Waals surface area (Å²) in [6, 6.07) is 11.5. The molecule has 20 heavy (non-hydrogen) atoms. The molecule has 0 radical (unpaired) electrons. The van der Waals surface area contributed by atoms with Crippen LogP contribution in [0.5, 0.6) is 0 Å². The van der Waals surface area contributed by atoms with E-state index in [-0.39, 0.29) is 12.1 Å². The van der Waals surface area contributed by atoms with Crippen LogP contribution in [0.15, 0.2) is 48.7 Å². The van der Waals surface area contributed by atoms with Crippen molar-refractivity contribution < 1.29 is 14.3 Å². The van der Waals surface area contributed by atoms with Crippen molar-refractivity contribution in [1.82, 2.24) is 10.3 Å². The van der Waals surface area contributed by atoms with Gasteiger partial charge in [-0.05, 0) is 18.6 Å². The zero-order valence-corrected chi connectivity index (χ0v) is 11.0. The lowest BCUT2D eigenvalue weighted by atomic mass is 9.96.